The fourth-order valence-corrected chi connectivity index (χ4v) is 2.18. The lowest BCUT2D eigenvalue weighted by Gasteiger charge is -2.20. The van der Waals surface area contributed by atoms with Crippen LogP contribution >= 0.6 is 0 Å². The molecule has 0 bridgehead atoms. The summed E-state index contributed by atoms with van der Waals surface area (Å²) in [5, 5.41) is 2.76. The second-order valence-electron chi connectivity index (χ2n) is 4.53. The lowest BCUT2D eigenvalue weighted by molar-refractivity contribution is -0.140. The summed E-state index contributed by atoms with van der Waals surface area (Å²) in [4.78, 5) is 22.8. The fourth-order valence-electron chi connectivity index (χ4n) is 2.18. The van der Waals surface area contributed by atoms with Gasteiger partial charge in [-0.25, -0.2) is 0 Å². The summed E-state index contributed by atoms with van der Waals surface area (Å²) in [6, 6.07) is -0.0457. The van der Waals surface area contributed by atoms with Crippen LogP contribution in [-0.4, -0.2) is 31.6 Å². The van der Waals surface area contributed by atoms with E-state index in [1.165, 1.54) is 7.11 Å². The highest BCUT2D eigenvalue weighted by Gasteiger charge is 2.26. The van der Waals surface area contributed by atoms with Crippen LogP contribution in [0.1, 0.15) is 38.5 Å². The van der Waals surface area contributed by atoms with Gasteiger partial charge in [-0.05, 0) is 12.8 Å². The zero-order valence-electron chi connectivity index (χ0n) is 10.4. The molecule has 0 aromatic carbocycles. The second-order valence-corrected chi connectivity index (χ2v) is 4.53. The molecule has 1 aliphatic rings. The smallest absolute Gasteiger partial charge is 0.307 e. The number of nitrogens with one attached hydrogen (secondary N) is 1. The molecule has 98 valence electrons. The number of hydrogen-bond acceptors (Lipinski definition) is 4. The topological polar surface area (TPSA) is 81.4 Å². The Labute approximate surface area is 102 Å². The minimum Gasteiger partial charge on any atom is -0.469 e. The molecule has 1 saturated carbocycles. The molecular formula is C12H22N2O3. The van der Waals surface area contributed by atoms with Crippen LogP contribution in [0, 0.1) is 5.92 Å². The van der Waals surface area contributed by atoms with Crippen LogP contribution in [0.4, 0.5) is 0 Å². The largest absolute Gasteiger partial charge is 0.469 e. The van der Waals surface area contributed by atoms with Crippen LogP contribution in [-0.2, 0) is 14.3 Å². The van der Waals surface area contributed by atoms with E-state index in [0.717, 1.165) is 32.1 Å². The predicted octanol–water partition coefficient (Wildman–Crippen LogP) is 0.573. The normalized spacial score (nSPS) is 24.8. The molecule has 5 nitrogen and oxygen atoms in total. The summed E-state index contributed by atoms with van der Waals surface area (Å²) in [6.07, 6.45) is 5.29. The van der Waals surface area contributed by atoms with Gasteiger partial charge in [-0.1, -0.05) is 19.3 Å². The second kappa shape index (κ2) is 7.27. The molecule has 1 aliphatic carbocycles. The molecule has 3 N–H and O–H groups in total. The van der Waals surface area contributed by atoms with Gasteiger partial charge in [0.15, 0.2) is 0 Å². The minimum absolute atomic E-state index is 0.0247. The zero-order valence-corrected chi connectivity index (χ0v) is 10.4. The highest BCUT2D eigenvalue weighted by molar-refractivity contribution is 5.80. The van der Waals surface area contributed by atoms with Gasteiger partial charge in [-0.3, -0.25) is 9.59 Å². The molecular weight excluding hydrogens is 220 g/mol. The third-order valence-electron chi connectivity index (χ3n) is 3.26. The standard InChI is InChI=1S/C12H22N2O3/c1-17-11(15)7-8-14-12(16)9-5-3-2-4-6-10(9)13/h9-10H,2-8,13H2,1H3,(H,14,16). The van der Waals surface area contributed by atoms with Gasteiger partial charge in [0.05, 0.1) is 19.4 Å². The molecule has 0 aromatic rings. The quantitative estimate of drug-likeness (QED) is 0.558. The Hall–Kier alpha value is -1.10. The third kappa shape index (κ3) is 4.73. The summed E-state index contributed by atoms with van der Waals surface area (Å²) < 4.78 is 4.50. The first-order valence-electron chi connectivity index (χ1n) is 6.25. The van der Waals surface area contributed by atoms with E-state index in [9.17, 15) is 9.59 Å². The van der Waals surface area contributed by atoms with Gasteiger partial charge >= 0.3 is 5.97 Å². The van der Waals surface area contributed by atoms with E-state index in [0.29, 0.717) is 6.54 Å². The number of hydrogen-bond donors (Lipinski definition) is 2. The van der Waals surface area contributed by atoms with Crippen LogP contribution in [0.25, 0.3) is 0 Å². The maximum absolute atomic E-state index is 11.9. The monoisotopic (exact) mass is 242 g/mol. The third-order valence-corrected chi connectivity index (χ3v) is 3.26. The van der Waals surface area contributed by atoms with Crippen LogP contribution in [0.3, 0.4) is 0 Å². The molecule has 0 heterocycles. The van der Waals surface area contributed by atoms with Gasteiger partial charge in [-0.15, -0.1) is 0 Å². The molecule has 0 aromatic heterocycles. The van der Waals surface area contributed by atoms with Crippen LogP contribution in [0.15, 0.2) is 0 Å². The number of rotatable bonds is 4. The van der Waals surface area contributed by atoms with Gasteiger partial charge in [0.25, 0.3) is 0 Å². The van der Waals surface area contributed by atoms with Gasteiger partial charge in [0.1, 0.15) is 0 Å². The maximum Gasteiger partial charge on any atom is 0.307 e. The molecule has 5 heteroatoms. The molecule has 0 spiro atoms. The number of nitrogens with two attached hydrogens (primary N) is 1. The van der Waals surface area contributed by atoms with E-state index in [1.807, 2.05) is 0 Å². The van der Waals surface area contributed by atoms with Gasteiger partial charge in [0, 0.05) is 12.6 Å². The molecule has 0 aliphatic heterocycles. The van der Waals surface area contributed by atoms with Crippen molar-refractivity contribution < 1.29 is 14.3 Å². The number of esters is 1. The highest BCUT2D eigenvalue weighted by atomic mass is 16.5. The van der Waals surface area contributed by atoms with Gasteiger partial charge < -0.3 is 15.8 Å². The van der Waals surface area contributed by atoms with Crippen LogP contribution in [0.2, 0.25) is 0 Å². The van der Waals surface area contributed by atoms with E-state index in [-0.39, 0.29) is 30.3 Å². The van der Waals surface area contributed by atoms with E-state index >= 15 is 0 Å². The van der Waals surface area contributed by atoms with Crippen LogP contribution < -0.4 is 11.1 Å². The molecule has 0 saturated heterocycles. The maximum atomic E-state index is 11.9. The van der Waals surface area contributed by atoms with Crippen molar-refractivity contribution in [2.24, 2.45) is 11.7 Å². The van der Waals surface area contributed by atoms with Crippen molar-refractivity contribution in [2.45, 2.75) is 44.6 Å². The Bertz CT molecular complexity index is 268. The Morgan fingerprint density at radius 3 is 2.71 bits per heavy atom. The average Bonchev–Trinajstić information content (AvgIpc) is 2.53. The van der Waals surface area contributed by atoms with Crippen molar-refractivity contribution >= 4 is 11.9 Å². The highest BCUT2D eigenvalue weighted by Crippen LogP contribution is 2.22. The number of methoxy groups -OCH3 is 1. The van der Waals surface area contributed by atoms with Gasteiger partial charge in [0.2, 0.25) is 5.91 Å². The summed E-state index contributed by atoms with van der Waals surface area (Å²) in [7, 11) is 1.34. The van der Waals surface area contributed by atoms with E-state index in [1.54, 1.807) is 0 Å². The van der Waals surface area contributed by atoms with Crippen molar-refractivity contribution in [3.8, 4) is 0 Å². The number of ether oxygens (including phenoxy) is 1. The predicted molar refractivity (Wildman–Crippen MR) is 64.2 cm³/mol. The zero-order chi connectivity index (χ0) is 12.7. The molecule has 1 rings (SSSR count). The van der Waals surface area contributed by atoms with Gasteiger partial charge in [-0.2, -0.15) is 0 Å². The van der Waals surface area contributed by atoms with E-state index in [4.69, 9.17) is 5.73 Å². The van der Waals surface area contributed by atoms with Crippen molar-refractivity contribution in [2.75, 3.05) is 13.7 Å². The fraction of sp³-hybridized carbons (Fsp3) is 0.833. The Kier molecular flexibility index (Phi) is 5.97. The first-order valence-corrected chi connectivity index (χ1v) is 6.25. The Morgan fingerprint density at radius 2 is 2.00 bits per heavy atom. The summed E-state index contributed by atoms with van der Waals surface area (Å²) >= 11 is 0. The molecule has 0 radical (unpaired) electrons. The van der Waals surface area contributed by atoms with E-state index in [2.05, 4.69) is 10.1 Å². The Balaban J connectivity index is 2.32. The van der Waals surface area contributed by atoms with Crippen molar-refractivity contribution in [3.63, 3.8) is 0 Å². The van der Waals surface area contributed by atoms with Crippen molar-refractivity contribution in [3.05, 3.63) is 0 Å². The summed E-state index contributed by atoms with van der Waals surface area (Å²) in [5.74, 6) is -0.436. The molecule has 2 atom stereocenters. The summed E-state index contributed by atoms with van der Waals surface area (Å²) in [6.45, 7) is 0.328. The first kappa shape index (κ1) is 14.0. The molecule has 1 fully saturated rings. The number of carbonyl (C=O) groups is 2. The summed E-state index contributed by atoms with van der Waals surface area (Å²) in [5.41, 5.74) is 5.99. The number of carbonyl (C=O) groups excluding carboxylic acids is 2. The lowest BCUT2D eigenvalue weighted by Crippen LogP contribution is -2.41. The number of amides is 1. The van der Waals surface area contributed by atoms with Crippen LogP contribution in [0.5, 0.6) is 0 Å². The molecule has 2 unspecified atom stereocenters. The van der Waals surface area contributed by atoms with Crippen molar-refractivity contribution in [1.82, 2.24) is 5.32 Å². The molecule has 17 heavy (non-hydrogen) atoms. The minimum atomic E-state index is -0.310. The Morgan fingerprint density at radius 1 is 1.29 bits per heavy atom. The average molecular weight is 242 g/mol. The van der Waals surface area contributed by atoms with Crippen molar-refractivity contribution in [1.29, 1.82) is 0 Å². The first-order chi connectivity index (χ1) is 8.15. The molecule has 1 amide bonds. The SMILES string of the molecule is COC(=O)CCNC(=O)C1CCCCCC1N. The van der Waals surface area contributed by atoms with E-state index < -0.39 is 0 Å². The lowest BCUT2D eigenvalue weighted by atomic mass is 9.94.